The molecular formula is C25H39Cl2N6O9PS. The van der Waals surface area contributed by atoms with Crippen LogP contribution in [0.5, 0.6) is 5.88 Å². The Labute approximate surface area is 269 Å². The second-order valence-electron chi connectivity index (χ2n) is 11.1. The molecule has 1 aliphatic rings. The maximum atomic E-state index is 13.8. The summed E-state index contributed by atoms with van der Waals surface area (Å²) in [6.45, 7) is 11.5. The number of halogens is 2. The normalized spacial score (nSPS) is 22.2. The van der Waals surface area contributed by atoms with E-state index in [1.807, 2.05) is 0 Å². The number of aromatic nitrogens is 4. The summed E-state index contributed by atoms with van der Waals surface area (Å²) in [5, 5.41) is 13.5. The molecule has 5 atom stereocenters. The molecule has 0 amide bonds. The first-order valence-corrected chi connectivity index (χ1v) is 17.1. The van der Waals surface area contributed by atoms with Crippen molar-refractivity contribution in [1.82, 2.24) is 24.6 Å². The van der Waals surface area contributed by atoms with Gasteiger partial charge in [0.1, 0.15) is 18.2 Å². The van der Waals surface area contributed by atoms with Crippen LogP contribution >= 0.6 is 42.7 Å². The van der Waals surface area contributed by atoms with Gasteiger partial charge in [-0.25, -0.2) is 14.6 Å². The molecule has 1 fully saturated rings. The zero-order chi connectivity index (χ0) is 33.0. The molecule has 3 heterocycles. The van der Waals surface area contributed by atoms with E-state index in [4.69, 9.17) is 52.2 Å². The lowest BCUT2D eigenvalue weighted by atomic mass is 10.00. The third kappa shape index (κ3) is 8.95. The third-order valence-electron chi connectivity index (χ3n) is 5.98. The van der Waals surface area contributed by atoms with Crippen LogP contribution in [0.2, 0.25) is 0 Å². The van der Waals surface area contributed by atoms with Crippen molar-refractivity contribution in [1.29, 1.82) is 0 Å². The summed E-state index contributed by atoms with van der Waals surface area (Å²) in [4.78, 5) is 37.2. The van der Waals surface area contributed by atoms with Gasteiger partial charge in [-0.1, -0.05) is 55.7 Å². The van der Waals surface area contributed by atoms with E-state index < -0.39 is 60.7 Å². The standard InChI is InChI=1S/C25H39Cl2N6O9PS/c1-8-38-19-16-18(30-23(28)31-19)33(12-29-16)21-25(26,27)17(34)15(42-21)11-40-43(37,32-14(4)20(35)41-13(2)3)39-9-10-44-22(36)24(5,6)7/h12-15,17,21,34H,8-11H2,1-7H3,(H,32,37)(H2,28,30,31)/t14-,15+,17+,21+,43?/m0/s1. The monoisotopic (exact) mass is 700 g/mol. The number of nitrogens with one attached hydrogen (secondary N) is 1. The zero-order valence-corrected chi connectivity index (χ0v) is 28.7. The van der Waals surface area contributed by atoms with E-state index in [-0.39, 0.29) is 40.5 Å². The molecule has 248 valence electrons. The lowest BCUT2D eigenvalue weighted by Crippen LogP contribution is -2.39. The van der Waals surface area contributed by atoms with Crippen molar-refractivity contribution < 1.29 is 42.5 Å². The van der Waals surface area contributed by atoms with E-state index in [9.17, 15) is 19.3 Å². The van der Waals surface area contributed by atoms with Crippen LogP contribution in [0.4, 0.5) is 5.95 Å². The molecule has 4 N–H and O–H groups in total. The second kappa shape index (κ2) is 14.8. The molecule has 3 rings (SSSR count). The number of anilines is 1. The molecule has 1 saturated heterocycles. The summed E-state index contributed by atoms with van der Waals surface area (Å²) < 4.78 is 41.0. The maximum Gasteiger partial charge on any atom is 0.406 e. The van der Waals surface area contributed by atoms with Crippen molar-refractivity contribution in [2.75, 3.05) is 31.3 Å². The highest BCUT2D eigenvalue weighted by Crippen LogP contribution is 2.50. The lowest BCUT2D eigenvalue weighted by Gasteiger charge is -2.25. The molecule has 0 saturated carbocycles. The van der Waals surface area contributed by atoms with Gasteiger partial charge in [-0.3, -0.25) is 23.2 Å². The number of imidazole rings is 1. The fourth-order valence-corrected chi connectivity index (χ4v) is 6.82. The summed E-state index contributed by atoms with van der Waals surface area (Å²) in [6.07, 6.45) is -3.13. The van der Waals surface area contributed by atoms with Crippen LogP contribution in [-0.4, -0.2) is 90.0 Å². The van der Waals surface area contributed by atoms with Crippen LogP contribution in [0, 0.1) is 5.41 Å². The molecule has 0 radical (unpaired) electrons. The van der Waals surface area contributed by atoms with Crippen molar-refractivity contribution in [3.8, 4) is 5.88 Å². The number of fused-ring (bicyclic) bond motifs is 1. The molecule has 2 aromatic heterocycles. The Bertz CT molecular complexity index is 1380. The number of carbonyl (C=O) groups excluding carboxylic acids is 2. The van der Waals surface area contributed by atoms with Gasteiger partial charge in [0.2, 0.25) is 11.8 Å². The molecule has 1 aliphatic heterocycles. The average Bonchev–Trinajstić information content (AvgIpc) is 3.42. The Morgan fingerprint density at radius 3 is 2.57 bits per heavy atom. The summed E-state index contributed by atoms with van der Waals surface area (Å²) >= 11 is 14.2. The minimum atomic E-state index is -4.26. The van der Waals surface area contributed by atoms with Gasteiger partial charge >= 0.3 is 13.7 Å². The maximum absolute atomic E-state index is 13.8. The molecule has 0 aliphatic carbocycles. The first kappa shape index (κ1) is 36.7. The summed E-state index contributed by atoms with van der Waals surface area (Å²) in [7, 11) is -4.26. The lowest BCUT2D eigenvalue weighted by molar-refractivity contribution is -0.149. The SMILES string of the molecule is CCOc1nc(N)nc2c1ncn2[C@@H]1O[C@H](COP(=O)(N[C@@H](C)C(=O)OC(C)C)OCCSC(=O)C(C)(C)C)[C@@H](O)C1(Cl)Cl. The quantitative estimate of drug-likeness (QED) is 0.112. The van der Waals surface area contributed by atoms with E-state index in [1.54, 1.807) is 41.5 Å². The van der Waals surface area contributed by atoms with Crippen LogP contribution in [0.1, 0.15) is 54.7 Å². The Morgan fingerprint density at radius 1 is 1.27 bits per heavy atom. The summed E-state index contributed by atoms with van der Waals surface area (Å²) in [6, 6.07) is -1.10. The Hall–Kier alpha value is -1.75. The Morgan fingerprint density at radius 2 is 1.95 bits per heavy atom. The largest absolute Gasteiger partial charge is 0.476 e. The van der Waals surface area contributed by atoms with Crippen molar-refractivity contribution in [3.63, 3.8) is 0 Å². The molecule has 15 nitrogen and oxygen atoms in total. The zero-order valence-electron chi connectivity index (χ0n) is 25.5. The number of thioether (sulfide) groups is 1. The van der Waals surface area contributed by atoms with Gasteiger partial charge in [0, 0.05) is 11.2 Å². The molecule has 0 bridgehead atoms. The first-order chi connectivity index (χ1) is 20.4. The topological polar surface area (TPSA) is 199 Å². The molecule has 0 spiro atoms. The minimum absolute atomic E-state index is 0.0831. The smallest absolute Gasteiger partial charge is 0.406 e. The molecule has 1 unspecified atom stereocenters. The van der Waals surface area contributed by atoms with Crippen LogP contribution in [0.15, 0.2) is 6.33 Å². The van der Waals surface area contributed by atoms with E-state index in [0.29, 0.717) is 6.61 Å². The van der Waals surface area contributed by atoms with Crippen LogP contribution in [0.25, 0.3) is 11.2 Å². The van der Waals surface area contributed by atoms with Crippen molar-refractivity contribution in [2.45, 2.75) is 83.4 Å². The summed E-state index contributed by atoms with van der Waals surface area (Å²) in [5.41, 5.74) is 5.71. The predicted molar refractivity (Wildman–Crippen MR) is 166 cm³/mol. The number of carbonyl (C=O) groups is 2. The number of hydrogen-bond donors (Lipinski definition) is 3. The van der Waals surface area contributed by atoms with Gasteiger partial charge in [-0.15, -0.1) is 0 Å². The van der Waals surface area contributed by atoms with Gasteiger partial charge in [0.15, 0.2) is 26.8 Å². The Balaban J connectivity index is 1.78. The van der Waals surface area contributed by atoms with Crippen LogP contribution in [-0.2, 0) is 32.7 Å². The second-order valence-corrected chi connectivity index (χ2v) is 15.4. The van der Waals surface area contributed by atoms with Gasteiger partial charge in [-0.05, 0) is 27.7 Å². The van der Waals surface area contributed by atoms with E-state index in [1.165, 1.54) is 17.8 Å². The number of esters is 1. The highest BCUT2D eigenvalue weighted by atomic mass is 35.5. The van der Waals surface area contributed by atoms with Crippen LogP contribution < -0.4 is 15.6 Å². The number of hydrogen-bond acceptors (Lipinski definition) is 14. The van der Waals surface area contributed by atoms with Gasteiger partial charge in [0.05, 0.1) is 32.3 Å². The van der Waals surface area contributed by atoms with E-state index in [0.717, 1.165) is 11.8 Å². The van der Waals surface area contributed by atoms with E-state index >= 15 is 0 Å². The highest BCUT2D eigenvalue weighted by molar-refractivity contribution is 8.13. The summed E-state index contributed by atoms with van der Waals surface area (Å²) in [5.74, 6) is -0.497. The number of nitrogen functional groups attached to an aromatic ring is 1. The predicted octanol–water partition coefficient (Wildman–Crippen LogP) is 3.62. The minimum Gasteiger partial charge on any atom is -0.476 e. The molecule has 44 heavy (non-hydrogen) atoms. The van der Waals surface area contributed by atoms with Crippen molar-refractivity contribution >= 4 is 70.9 Å². The molecular weight excluding hydrogens is 662 g/mol. The molecule has 19 heteroatoms. The van der Waals surface area contributed by atoms with Gasteiger partial charge < -0.3 is 25.1 Å². The van der Waals surface area contributed by atoms with E-state index in [2.05, 4.69) is 20.0 Å². The molecule has 0 aromatic carbocycles. The fraction of sp³-hybridized carbons (Fsp3) is 0.720. The van der Waals surface area contributed by atoms with Crippen LogP contribution in [0.3, 0.4) is 0 Å². The number of aliphatic hydroxyl groups is 1. The number of aliphatic hydroxyl groups excluding tert-OH is 1. The number of alkyl halides is 2. The highest BCUT2D eigenvalue weighted by Gasteiger charge is 2.56. The van der Waals surface area contributed by atoms with Crippen molar-refractivity contribution in [2.24, 2.45) is 5.41 Å². The number of nitrogens with two attached hydrogens (primary N) is 1. The Kier molecular flexibility index (Phi) is 12.3. The van der Waals surface area contributed by atoms with Gasteiger partial charge in [0.25, 0.3) is 0 Å². The van der Waals surface area contributed by atoms with Gasteiger partial charge in [-0.2, -0.15) is 9.97 Å². The average molecular weight is 702 g/mol. The number of nitrogens with zero attached hydrogens (tertiary/aromatic N) is 4. The number of ether oxygens (including phenoxy) is 3. The third-order valence-corrected chi connectivity index (χ3v) is 9.76. The van der Waals surface area contributed by atoms with Crippen molar-refractivity contribution in [3.05, 3.63) is 6.33 Å². The first-order valence-electron chi connectivity index (χ1n) is 13.8. The number of rotatable bonds is 14. The molecule has 2 aromatic rings. The fourth-order valence-electron chi connectivity index (χ4n) is 3.84.